The molecule has 28 heavy (non-hydrogen) atoms. The third-order valence-corrected chi connectivity index (χ3v) is 4.63. The number of amides is 2. The Morgan fingerprint density at radius 3 is 2.57 bits per heavy atom. The number of para-hydroxylation sites is 2. The highest BCUT2D eigenvalue weighted by Gasteiger charge is 2.22. The molecule has 6 nitrogen and oxygen atoms in total. The molecule has 1 aliphatic rings. The summed E-state index contributed by atoms with van der Waals surface area (Å²) in [5.74, 6) is 1.99. The second-order valence-electron chi connectivity index (χ2n) is 6.79. The lowest BCUT2D eigenvalue weighted by atomic mass is 10.2. The van der Waals surface area contributed by atoms with Crippen molar-refractivity contribution in [3.63, 3.8) is 0 Å². The van der Waals surface area contributed by atoms with Gasteiger partial charge in [-0.25, -0.2) is 4.79 Å². The van der Waals surface area contributed by atoms with Crippen LogP contribution in [0, 0.1) is 0 Å². The first-order chi connectivity index (χ1) is 13.7. The van der Waals surface area contributed by atoms with Gasteiger partial charge in [0, 0.05) is 25.4 Å². The van der Waals surface area contributed by atoms with Crippen molar-refractivity contribution in [3.05, 3.63) is 48.5 Å². The predicted molar refractivity (Wildman–Crippen MR) is 109 cm³/mol. The van der Waals surface area contributed by atoms with Gasteiger partial charge in [-0.2, -0.15) is 0 Å². The molecule has 0 aromatic heterocycles. The van der Waals surface area contributed by atoms with Crippen molar-refractivity contribution in [1.82, 2.24) is 4.90 Å². The van der Waals surface area contributed by atoms with Crippen LogP contribution in [0.1, 0.15) is 26.2 Å². The highest BCUT2D eigenvalue weighted by atomic mass is 16.5. The summed E-state index contributed by atoms with van der Waals surface area (Å²) < 4.78 is 16.8. The molecule has 2 amide bonds. The van der Waals surface area contributed by atoms with Crippen LogP contribution in [0.4, 0.5) is 10.5 Å². The second kappa shape index (κ2) is 9.99. The maximum absolute atomic E-state index is 12.7. The summed E-state index contributed by atoms with van der Waals surface area (Å²) in [4.78, 5) is 14.5. The Morgan fingerprint density at radius 1 is 1.18 bits per heavy atom. The quantitative estimate of drug-likeness (QED) is 0.702. The zero-order valence-corrected chi connectivity index (χ0v) is 16.5. The third-order valence-electron chi connectivity index (χ3n) is 4.63. The van der Waals surface area contributed by atoms with Crippen LogP contribution in [0.2, 0.25) is 0 Å². The molecule has 1 heterocycles. The molecule has 1 fully saturated rings. The molecular formula is C22H28N2O4. The smallest absolute Gasteiger partial charge is 0.321 e. The average molecular weight is 384 g/mol. The van der Waals surface area contributed by atoms with Gasteiger partial charge in [-0.3, -0.25) is 0 Å². The molecule has 0 radical (unpaired) electrons. The molecule has 1 saturated heterocycles. The lowest BCUT2D eigenvalue weighted by Crippen LogP contribution is -2.40. The molecule has 1 aliphatic heterocycles. The maximum atomic E-state index is 12.7. The van der Waals surface area contributed by atoms with Crippen LogP contribution in [0.25, 0.3) is 0 Å². The van der Waals surface area contributed by atoms with Gasteiger partial charge >= 0.3 is 6.03 Å². The minimum atomic E-state index is -0.101. The van der Waals surface area contributed by atoms with Crippen LogP contribution < -0.4 is 14.8 Å². The first-order valence-corrected chi connectivity index (χ1v) is 9.78. The predicted octanol–water partition coefficient (Wildman–Crippen LogP) is 4.91. The van der Waals surface area contributed by atoms with E-state index in [0.717, 1.165) is 31.6 Å². The van der Waals surface area contributed by atoms with Gasteiger partial charge < -0.3 is 24.4 Å². The molecule has 2 aromatic rings. The third kappa shape index (κ3) is 5.39. The number of nitrogens with zero attached hydrogens (tertiary/aromatic N) is 1. The zero-order chi connectivity index (χ0) is 19.8. The standard InChI is InChI=1S/C22H28N2O4/c1-3-14-24(16-19-7-6-15-27-19)22(25)23-17-10-12-18(13-11-17)28-21-9-5-4-8-20(21)26-2/h4-5,8-13,19H,3,6-7,14-16H2,1-2H3,(H,23,25)/t19-/m0/s1. The number of ether oxygens (including phenoxy) is 3. The number of rotatable bonds is 8. The van der Waals surface area contributed by atoms with Crippen molar-refractivity contribution < 1.29 is 19.0 Å². The molecule has 0 spiro atoms. The molecule has 2 aromatic carbocycles. The number of nitrogens with one attached hydrogen (secondary N) is 1. The van der Waals surface area contributed by atoms with Crippen LogP contribution in [0.5, 0.6) is 17.2 Å². The molecular weight excluding hydrogens is 356 g/mol. The SMILES string of the molecule is CCCN(C[C@@H]1CCCO1)C(=O)Nc1ccc(Oc2ccccc2OC)cc1. The topological polar surface area (TPSA) is 60.0 Å². The fourth-order valence-corrected chi connectivity index (χ4v) is 3.22. The monoisotopic (exact) mass is 384 g/mol. The number of benzene rings is 2. The number of methoxy groups -OCH3 is 1. The van der Waals surface area contributed by atoms with Crippen LogP contribution in [-0.2, 0) is 4.74 Å². The molecule has 1 atom stereocenters. The minimum absolute atomic E-state index is 0.101. The van der Waals surface area contributed by atoms with E-state index in [-0.39, 0.29) is 12.1 Å². The van der Waals surface area contributed by atoms with Crippen LogP contribution in [0.3, 0.4) is 0 Å². The van der Waals surface area contributed by atoms with E-state index >= 15 is 0 Å². The number of hydrogen-bond acceptors (Lipinski definition) is 4. The van der Waals surface area contributed by atoms with Crippen LogP contribution in [-0.4, -0.2) is 43.8 Å². The van der Waals surface area contributed by atoms with Crippen molar-refractivity contribution in [2.75, 3.05) is 32.1 Å². The zero-order valence-electron chi connectivity index (χ0n) is 16.5. The molecule has 0 aliphatic carbocycles. The van der Waals surface area contributed by atoms with Gasteiger partial charge in [0.1, 0.15) is 5.75 Å². The Bertz CT molecular complexity index is 757. The highest BCUT2D eigenvalue weighted by molar-refractivity contribution is 5.89. The van der Waals surface area contributed by atoms with Gasteiger partial charge in [0.25, 0.3) is 0 Å². The summed E-state index contributed by atoms with van der Waals surface area (Å²) in [6, 6.07) is 14.7. The normalized spacial score (nSPS) is 15.9. The van der Waals surface area contributed by atoms with E-state index < -0.39 is 0 Å². The molecule has 3 rings (SSSR count). The lowest BCUT2D eigenvalue weighted by Gasteiger charge is -2.25. The van der Waals surface area contributed by atoms with E-state index in [0.29, 0.717) is 30.3 Å². The Balaban J connectivity index is 1.59. The van der Waals surface area contributed by atoms with Crippen molar-refractivity contribution in [2.45, 2.75) is 32.3 Å². The number of hydrogen-bond donors (Lipinski definition) is 1. The van der Waals surface area contributed by atoms with Gasteiger partial charge in [-0.15, -0.1) is 0 Å². The van der Waals surface area contributed by atoms with Crippen molar-refractivity contribution >= 4 is 11.7 Å². The van der Waals surface area contributed by atoms with E-state index in [2.05, 4.69) is 12.2 Å². The molecule has 0 saturated carbocycles. The summed E-state index contributed by atoms with van der Waals surface area (Å²) in [6.45, 7) is 4.20. The lowest BCUT2D eigenvalue weighted by molar-refractivity contribution is 0.0836. The van der Waals surface area contributed by atoms with Gasteiger partial charge in [0.05, 0.1) is 13.2 Å². The number of anilines is 1. The summed E-state index contributed by atoms with van der Waals surface area (Å²) in [5.41, 5.74) is 0.728. The van der Waals surface area contributed by atoms with Gasteiger partial charge in [0.2, 0.25) is 0 Å². The molecule has 0 unspecified atom stereocenters. The van der Waals surface area contributed by atoms with E-state index in [4.69, 9.17) is 14.2 Å². The fraction of sp³-hybridized carbons (Fsp3) is 0.409. The minimum Gasteiger partial charge on any atom is -0.493 e. The number of urea groups is 1. The maximum Gasteiger partial charge on any atom is 0.321 e. The van der Waals surface area contributed by atoms with Gasteiger partial charge in [-0.05, 0) is 55.7 Å². The number of carbonyl (C=O) groups is 1. The fourth-order valence-electron chi connectivity index (χ4n) is 3.22. The average Bonchev–Trinajstić information content (AvgIpc) is 3.23. The molecule has 150 valence electrons. The van der Waals surface area contributed by atoms with Crippen LogP contribution >= 0.6 is 0 Å². The summed E-state index contributed by atoms with van der Waals surface area (Å²) in [6.07, 6.45) is 3.14. The first kappa shape index (κ1) is 20.0. The number of carbonyl (C=O) groups excluding carboxylic acids is 1. The Kier molecular flexibility index (Phi) is 7.14. The Hall–Kier alpha value is -2.73. The van der Waals surface area contributed by atoms with E-state index in [1.165, 1.54) is 0 Å². The largest absolute Gasteiger partial charge is 0.493 e. The highest BCUT2D eigenvalue weighted by Crippen LogP contribution is 2.31. The van der Waals surface area contributed by atoms with E-state index in [1.54, 1.807) is 7.11 Å². The van der Waals surface area contributed by atoms with Gasteiger partial charge in [0.15, 0.2) is 11.5 Å². The summed E-state index contributed by atoms with van der Waals surface area (Å²) in [7, 11) is 1.61. The van der Waals surface area contributed by atoms with E-state index in [1.807, 2.05) is 53.4 Å². The molecule has 0 bridgehead atoms. The Labute approximate surface area is 166 Å². The first-order valence-electron chi connectivity index (χ1n) is 9.78. The van der Waals surface area contributed by atoms with Crippen LogP contribution in [0.15, 0.2) is 48.5 Å². The second-order valence-corrected chi connectivity index (χ2v) is 6.79. The molecule has 1 N–H and O–H groups in total. The van der Waals surface area contributed by atoms with Crippen molar-refractivity contribution in [3.8, 4) is 17.2 Å². The van der Waals surface area contributed by atoms with E-state index in [9.17, 15) is 4.79 Å². The van der Waals surface area contributed by atoms with Crippen molar-refractivity contribution in [1.29, 1.82) is 0 Å². The molecule has 6 heteroatoms. The van der Waals surface area contributed by atoms with Crippen molar-refractivity contribution in [2.24, 2.45) is 0 Å². The Morgan fingerprint density at radius 2 is 1.93 bits per heavy atom. The summed E-state index contributed by atoms with van der Waals surface area (Å²) in [5, 5.41) is 2.97. The summed E-state index contributed by atoms with van der Waals surface area (Å²) >= 11 is 0. The van der Waals surface area contributed by atoms with Gasteiger partial charge in [-0.1, -0.05) is 19.1 Å².